The van der Waals surface area contributed by atoms with E-state index in [-0.39, 0.29) is 0 Å². The van der Waals surface area contributed by atoms with Gasteiger partial charge in [-0.1, -0.05) is 67.1 Å². The monoisotopic (exact) mass is 574 g/mol. The Balaban J connectivity index is 2.10. The summed E-state index contributed by atoms with van der Waals surface area (Å²) in [4.78, 5) is 54.8. The van der Waals surface area contributed by atoms with Crippen molar-refractivity contribution in [3.05, 3.63) is 77.9 Å². The fourth-order valence-electron chi connectivity index (χ4n) is 4.61. The van der Waals surface area contributed by atoms with Crippen molar-refractivity contribution >= 4 is 40.3 Å². The molecule has 0 spiro atoms. The number of primary amides is 1. The van der Waals surface area contributed by atoms with Crippen molar-refractivity contribution in [2.45, 2.75) is 84.5 Å². The molecule has 0 heterocycles. The minimum absolute atomic E-state index is 0.445. The molecule has 2 atom stereocenters. The highest BCUT2D eigenvalue weighted by Crippen LogP contribution is 2.34. The number of aryl methyl sites for hydroxylation is 1. The number of anilines is 1. The summed E-state index contributed by atoms with van der Waals surface area (Å²) in [5.41, 5.74) is 5.92. The summed E-state index contributed by atoms with van der Waals surface area (Å²) in [7, 11) is 0. The van der Waals surface area contributed by atoms with Crippen molar-refractivity contribution in [1.82, 2.24) is 10.2 Å². The number of carbonyl (C=O) groups excluding carboxylic acids is 4. The summed E-state index contributed by atoms with van der Waals surface area (Å²) < 4.78 is 5.36. The van der Waals surface area contributed by atoms with Crippen LogP contribution in [0.3, 0.4) is 0 Å². The Morgan fingerprint density at radius 2 is 1.52 bits per heavy atom. The fourth-order valence-corrected chi connectivity index (χ4v) is 4.61. The van der Waals surface area contributed by atoms with E-state index in [1.807, 2.05) is 82.3 Å². The molecular weight excluding hydrogens is 532 g/mol. The van der Waals surface area contributed by atoms with Gasteiger partial charge in [0.2, 0.25) is 11.8 Å². The number of nitrogens with zero attached hydrogens (tertiary/aromatic N) is 1. The van der Waals surface area contributed by atoms with Gasteiger partial charge in [-0.05, 0) is 76.4 Å². The molecule has 0 saturated heterocycles. The van der Waals surface area contributed by atoms with Crippen molar-refractivity contribution in [1.29, 1.82) is 0 Å². The molecule has 3 aromatic rings. The lowest BCUT2D eigenvalue weighted by Crippen LogP contribution is -2.59. The predicted molar refractivity (Wildman–Crippen MR) is 165 cm³/mol. The number of nitrogens with one attached hydrogen (secondary N) is 2. The molecule has 0 bridgehead atoms. The third-order valence-electron chi connectivity index (χ3n) is 7.07. The van der Waals surface area contributed by atoms with Gasteiger partial charge in [0.05, 0.1) is 6.42 Å². The molecule has 42 heavy (non-hydrogen) atoms. The Bertz CT molecular complexity index is 1440. The zero-order chi connectivity index (χ0) is 31.2. The molecule has 4 N–H and O–H groups in total. The zero-order valence-electron chi connectivity index (χ0n) is 25.5. The van der Waals surface area contributed by atoms with E-state index in [0.29, 0.717) is 17.7 Å². The first-order valence-electron chi connectivity index (χ1n) is 14.1. The molecule has 0 saturated carbocycles. The highest BCUT2D eigenvalue weighted by Gasteiger charge is 2.43. The summed E-state index contributed by atoms with van der Waals surface area (Å²) in [6.45, 7) is 12.6. The van der Waals surface area contributed by atoms with Crippen molar-refractivity contribution in [2.75, 3.05) is 5.32 Å². The van der Waals surface area contributed by atoms with Crippen LogP contribution in [-0.4, -0.2) is 45.9 Å². The largest absolute Gasteiger partial charge is 0.444 e. The molecule has 0 aliphatic heterocycles. The zero-order valence-corrected chi connectivity index (χ0v) is 25.5. The molecular formula is C33H42N4O5. The number of hydrogen-bond acceptors (Lipinski definition) is 5. The van der Waals surface area contributed by atoms with Crippen LogP contribution < -0.4 is 16.4 Å². The van der Waals surface area contributed by atoms with E-state index in [9.17, 15) is 19.2 Å². The predicted octanol–water partition coefficient (Wildman–Crippen LogP) is 5.61. The Hall–Kier alpha value is -4.40. The molecule has 9 nitrogen and oxygen atoms in total. The van der Waals surface area contributed by atoms with Gasteiger partial charge in [0, 0.05) is 11.2 Å². The Kier molecular flexibility index (Phi) is 9.99. The van der Waals surface area contributed by atoms with Gasteiger partial charge in [0.25, 0.3) is 5.91 Å². The van der Waals surface area contributed by atoms with Gasteiger partial charge < -0.3 is 26.0 Å². The van der Waals surface area contributed by atoms with E-state index in [0.717, 1.165) is 16.3 Å². The number of alkyl carbamates (subject to hydrolysis) is 1. The van der Waals surface area contributed by atoms with Gasteiger partial charge in [-0.25, -0.2) is 4.79 Å². The third kappa shape index (κ3) is 8.31. The number of ether oxygens (including phenoxy) is 1. The summed E-state index contributed by atoms with van der Waals surface area (Å²) >= 11 is 0. The smallest absolute Gasteiger partial charge is 0.408 e. The van der Waals surface area contributed by atoms with Crippen LogP contribution >= 0.6 is 0 Å². The number of amides is 4. The number of hydrogen-bond donors (Lipinski definition) is 3. The van der Waals surface area contributed by atoms with Crippen LogP contribution in [0.4, 0.5) is 10.5 Å². The van der Waals surface area contributed by atoms with Crippen LogP contribution in [0.5, 0.6) is 0 Å². The Morgan fingerprint density at radius 3 is 2.10 bits per heavy atom. The summed E-state index contributed by atoms with van der Waals surface area (Å²) in [5, 5.41) is 7.49. The molecule has 0 fully saturated rings. The number of fused-ring (bicyclic) bond motifs is 1. The van der Waals surface area contributed by atoms with E-state index in [1.165, 1.54) is 4.90 Å². The van der Waals surface area contributed by atoms with Gasteiger partial charge in [-0.3, -0.25) is 14.4 Å². The maximum Gasteiger partial charge on any atom is 0.408 e. The quantitative estimate of drug-likeness (QED) is 0.290. The molecule has 3 rings (SSSR count). The molecule has 2 unspecified atom stereocenters. The highest BCUT2D eigenvalue weighted by atomic mass is 16.6. The van der Waals surface area contributed by atoms with Crippen molar-refractivity contribution in [2.24, 2.45) is 5.73 Å². The second-order valence-electron chi connectivity index (χ2n) is 12.1. The van der Waals surface area contributed by atoms with Gasteiger partial charge in [-0.2, -0.15) is 0 Å². The lowest BCUT2D eigenvalue weighted by molar-refractivity contribution is -0.148. The van der Waals surface area contributed by atoms with E-state index in [2.05, 4.69) is 10.6 Å². The first kappa shape index (κ1) is 32.1. The van der Waals surface area contributed by atoms with Gasteiger partial charge >= 0.3 is 6.09 Å². The van der Waals surface area contributed by atoms with Crippen LogP contribution in [-0.2, 0) is 19.1 Å². The van der Waals surface area contributed by atoms with Crippen molar-refractivity contribution < 1.29 is 23.9 Å². The number of benzene rings is 3. The molecule has 3 aromatic carbocycles. The van der Waals surface area contributed by atoms with Crippen LogP contribution in [0, 0.1) is 6.92 Å². The van der Waals surface area contributed by atoms with E-state index in [1.54, 1.807) is 32.9 Å². The van der Waals surface area contributed by atoms with Gasteiger partial charge in [0.15, 0.2) is 0 Å². The van der Waals surface area contributed by atoms with Crippen LogP contribution in [0.25, 0.3) is 10.8 Å². The summed E-state index contributed by atoms with van der Waals surface area (Å²) in [6, 6.07) is 18.3. The SMILES string of the molecule is CCC(C)(C)N(C(=O)C(CC(N)=O)NC(=O)OC(C)(C)C)C(C(=O)Nc1ccc2ccccc2c1)c1ccc(C)cc1. The number of carbonyl (C=O) groups is 4. The molecule has 0 radical (unpaired) electrons. The first-order valence-corrected chi connectivity index (χ1v) is 14.1. The second-order valence-corrected chi connectivity index (χ2v) is 12.1. The first-order chi connectivity index (χ1) is 19.6. The number of rotatable bonds is 10. The lowest BCUT2D eigenvalue weighted by Gasteiger charge is -2.44. The van der Waals surface area contributed by atoms with Crippen molar-refractivity contribution in [3.8, 4) is 0 Å². The third-order valence-corrected chi connectivity index (χ3v) is 7.07. The average Bonchev–Trinajstić information content (AvgIpc) is 2.90. The van der Waals surface area contributed by atoms with E-state index >= 15 is 0 Å². The van der Waals surface area contributed by atoms with Crippen LogP contribution in [0.1, 0.15) is 71.6 Å². The van der Waals surface area contributed by atoms with Crippen molar-refractivity contribution in [3.63, 3.8) is 0 Å². The summed E-state index contributed by atoms with van der Waals surface area (Å²) in [5.74, 6) is -1.86. The molecule has 224 valence electrons. The van der Waals surface area contributed by atoms with Gasteiger partial charge in [0.1, 0.15) is 17.7 Å². The molecule has 0 aromatic heterocycles. The summed E-state index contributed by atoms with van der Waals surface area (Å²) in [6.07, 6.45) is -0.870. The standard InChI is InChI=1S/C33H42N4O5/c1-8-33(6,7)37(30(40)26(20-27(34)38)36-31(41)42-32(3,4)5)28(23-15-13-21(2)14-16-23)29(39)35-25-18-17-22-11-9-10-12-24(22)19-25/h9-19,26,28H,8,20H2,1-7H3,(H2,34,38)(H,35,39)(H,36,41). The van der Waals surface area contributed by atoms with Gasteiger partial charge in [-0.15, -0.1) is 0 Å². The second kappa shape index (κ2) is 13.1. The average molecular weight is 575 g/mol. The fraction of sp³-hybridized carbons (Fsp3) is 0.394. The van der Waals surface area contributed by atoms with Crippen LogP contribution in [0.15, 0.2) is 66.7 Å². The Labute approximate surface area is 247 Å². The highest BCUT2D eigenvalue weighted by molar-refractivity contribution is 6.01. The topological polar surface area (TPSA) is 131 Å². The van der Waals surface area contributed by atoms with Crippen LogP contribution in [0.2, 0.25) is 0 Å². The minimum Gasteiger partial charge on any atom is -0.444 e. The molecule has 0 aliphatic carbocycles. The molecule has 4 amide bonds. The normalized spacial score (nSPS) is 13.1. The molecule has 0 aliphatic rings. The maximum atomic E-state index is 14.4. The maximum absolute atomic E-state index is 14.4. The van der Waals surface area contributed by atoms with E-state index < -0.39 is 53.5 Å². The van der Waals surface area contributed by atoms with E-state index in [4.69, 9.17) is 10.5 Å². The Morgan fingerprint density at radius 1 is 0.905 bits per heavy atom. The molecule has 9 heteroatoms. The number of nitrogens with two attached hydrogens (primary N) is 1. The lowest BCUT2D eigenvalue weighted by atomic mass is 9.91. The minimum atomic E-state index is -1.36.